The molecule has 0 aliphatic rings. The molecule has 130 valence electrons. The first-order valence-corrected chi connectivity index (χ1v) is 9.57. The lowest BCUT2D eigenvalue weighted by Crippen LogP contribution is -3.08. The van der Waals surface area contributed by atoms with Crippen molar-refractivity contribution in [3.05, 3.63) is 38.4 Å². The monoisotopic (exact) mass is 367 g/mol. The maximum absolute atomic E-state index is 12.3. The molecular weight excluding hydrogens is 344 g/mol. The summed E-state index contributed by atoms with van der Waals surface area (Å²) in [6, 6.07) is 2.07. The van der Waals surface area contributed by atoms with Gasteiger partial charge < -0.3 is 15.0 Å². The Hall–Kier alpha value is -1.70. The highest BCUT2D eigenvalue weighted by molar-refractivity contribution is 7.16. The Balaban J connectivity index is 2.03. The molecular formula is C17H23N2O3S2+. The molecule has 2 aromatic rings. The second kappa shape index (κ2) is 8.41. The normalized spacial score (nSPS) is 12.0. The molecule has 0 spiro atoms. The van der Waals surface area contributed by atoms with Crippen LogP contribution in [-0.2, 0) is 16.1 Å². The van der Waals surface area contributed by atoms with Crippen LogP contribution in [0.4, 0.5) is 5.00 Å². The van der Waals surface area contributed by atoms with Gasteiger partial charge in [-0.1, -0.05) is 0 Å². The van der Waals surface area contributed by atoms with Crippen LogP contribution in [0.2, 0.25) is 0 Å². The summed E-state index contributed by atoms with van der Waals surface area (Å²) in [5.74, 6) is -0.483. The van der Waals surface area contributed by atoms with Crippen molar-refractivity contribution >= 4 is 39.6 Å². The van der Waals surface area contributed by atoms with Crippen LogP contribution in [0.5, 0.6) is 0 Å². The van der Waals surface area contributed by atoms with Crippen molar-refractivity contribution in [2.45, 2.75) is 27.3 Å². The lowest BCUT2D eigenvalue weighted by atomic mass is 10.1. The molecule has 1 unspecified atom stereocenters. The predicted molar refractivity (Wildman–Crippen MR) is 98.2 cm³/mol. The van der Waals surface area contributed by atoms with E-state index < -0.39 is 0 Å². The van der Waals surface area contributed by atoms with Crippen LogP contribution in [0.1, 0.15) is 33.3 Å². The van der Waals surface area contributed by atoms with Crippen molar-refractivity contribution in [1.29, 1.82) is 0 Å². The molecule has 0 fully saturated rings. The van der Waals surface area contributed by atoms with Crippen LogP contribution >= 0.6 is 22.7 Å². The Morgan fingerprint density at radius 3 is 2.71 bits per heavy atom. The number of quaternary nitrogens is 1. The van der Waals surface area contributed by atoms with Crippen LogP contribution < -0.4 is 10.2 Å². The van der Waals surface area contributed by atoms with E-state index in [-0.39, 0.29) is 11.9 Å². The fourth-order valence-electron chi connectivity index (χ4n) is 2.41. The molecule has 0 aliphatic heterocycles. The summed E-state index contributed by atoms with van der Waals surface area (Å²) < 4.78 is 5.11. The second-order valence-electron chi connectivity index (χ2n) is 5.70. The number of nitrogens with one attached hydrogen (secondary N) is 2. The minimum atomic E-state index is -0.381. The van der Waals surface area contributed by atoms with Crippen molar-refractivity contribution in [2.24, 2.45) is 0 Å². The van der Waals surface area contributed by atoms with E-state index in [4.69, 9.17) is 4.74 Å². The average Bonchev–Trinajstić information content (AvgIpc) is 3.08. The molecule has 7 heteroatoms. The van der Waals surface area contributed by atoms with Crippen LogP contribution in [0.15, 0.2) is 16.8 Å². The molecule has 1 amide bonds. The maximum atomic E-state index is 12.3. The highest BCUT2D eigenvalue weighted by Crippen LogP contribution is 2.32. The number of carbonyl (C=O) groups is 2. The van der Waals surface area contributed by atoms with Gasteiger partial charge in [0.1, 0.15) is 11.5 Å². The first-order chi connectivity index (χ1) is 11.4. The van der Waals surface area contributed by atoms with Gasteiger partial charge in [0.2, 0.25) is 0 Å². The van der Waals surface area contributed by atoms with Gasteiger partial charge in [0.15, 0.2) is 6.54 Å². The average molecular weight is 368 g/mol. The maximum Gasteiger partial charge on any atom is 0.341 e. The largest absolute Gasteiger partial charge is 0.462 e. The zero-order chi connectivity index (χ0) is 17.7. The molecule has 5 nitrogen and oxygen atoms in total. The number of aryl methyl sites for hydroxylation is 1. The van der Waals surface area contributed by atoms with Gasteiger partial charge in [0.25, 0.3) is 5.91 Å². The van der Waals surface area contributed by atoms with Gasteiger partial charge in [0.05, 0.1) is 19.2 Å². The molecule has 0 bridgehead atoms. The van der Waals surface area contributed by atoms with E-state index in [1.165, 1.54) is 16.9 Å². The van der Waals surface area contributed by atoms with Crippen molar-refractivity contribution in [2.75, 3.05) is 25.5 Å². The highest BCUT2D eigenvalue weighted by Gasteiger charge is 2.23. The van der Waals surface area contributed by atoms with Crippen molar-refractivity contribution < 1.29 is 19.2 Å². The molecule has 2 heterocycles. The number of ether oxygens (including phenoxy) is 1. The molecule has 2 N–H and O–H groups in total. The molecule has 0 saturated carbocycles. The summed E-state index contributed by atoms with van der Waals surface area (Å²) in [6.45, 7) is 7.04. The van der Waals surface area contributed by atoms with Gasteiger partial charge in [-0.3, -0.25) is 4.79 Å². The number of rotatable bonds is 7. The number of amides is 1. The molecule has 2 aromatic heterocycles. The number of carbonyl (C=O) groups excluding carboxylic acids is 2. The summed E-state index contributed by atoms with van der Waals surface area (Å²) in [5, 5.41) is 7.59. The Labute approximate surface area is 150 Å². The Morgan fingerprint density at radius 1 is 1.33 bits per heavy atom. The number of thiophene rings is 2. The quantitative estimate of drug-likeness (QED) is 0.738. The summed E-state index contributed by atoms with van der Waals surface area (Å²) >= 11 is 3.07. The molecule has 0 saturated heterocycles. The summed E-state index contributed by atoms with van der Waals surface area (Å²) in [5.41, 5.74) is 2.57. The van der Waals surface area contributed by atoms with E-state index in [9.17, 15) is 9.59 Å². The Morgan fingerprint density at radius 2 is 2.08 bits per heavy atom. The topological polar surface area (TPSA) is 59.8 Å². The van der Waals surface area contributed by atoms with Gasteiger partial charge in [0, 0.05) is 10.4 Å². The minimum absolute atomic E-state index is 0.102. The van der Waals surface area contributed by atoms with Crippen LogP contribution in [0.25, 0.3) is 0 Å². The van der Waals surface area contributed by atoms with Gasteiger partial charge in [-0.15, -0.1) is 11.3 Å². The van der Waals surface area contributed by atoms with Gasteiger partial charge in [-0.05, 0) is 43.2 Å². The fourth-order valence-corrected chi connectivity index (χ4v) is 4.15. The summed E-state index contributed by atoms with van der Waals surface area (Å²) in [4.78, 5) is 26.6. The minimum Gasteiger partial charge on any atom is -0.462 e. The highest BCUT2D eigenvalue weighted by atomic mass is 32.1. The molecule has 1 atom stereocenters. The van der Waals surface area contributed by atoms with Gasteiger partial charge in [-0.25, -0.2) is 4.79 Å². The Kier molecular flexibility index (Phi) is 6.53. The molecule has 0 aromatic carbocycles. The Bertz CT molecular complexity index is 708. The summed E-state index contributed by atoms with van der Waals surface area (Å²) in [6.07, 6.45) is 0. The first kappa shape index (κ1) is 18.6. The van der Waals surface area contributed by atoms with E-state index in [0.29, 0.717) is 23.7 Å². The zero-order valence-corrected chi connectivity index (χ0v) is 16.0. The number of likely N-dealkylation sites (N-methyl/N-ethyl adjacent to an activating group) is 1. The number of esters is 1. The third-order valence-corrected chi connectivity index (χ3v) is 5.52. The molecule has 24 heavy (non-hydrogen) atoms. The fraction of sp³-hybridized carbons (Fsp3) is 0.412. The molecule has 0 aliphatic carbocycles. The van der Waals surface area contributed by atoms with Crippen LogP contribution in [0.3, 0.4) is 0 Å². The van der Waals surface area contributed by atoms with Crippen molar-refractivity contribution in [3.8, 4) is 0 Å². The third-order valence-electron chi connectivity index (χ3n) is 3.67. The van der Waals surface area contributed by atoms with Gasteiger partial charge >= 0.3 is 5.97 Å². The van der Waals surface area contributed by atoms with E-state index in [2.05, 4.69) is 16.8 Å². The van der Waals surface area contributed by atoms with Crippen molar-refractivity contribution in [1.82, 2.24) is 0 Å². The van der Waals surface area contributed by atoms with Gasteiger partial charge in [-0.2, -0.15) is 11.3 Å². The lowest BCUT2D eigenvalue weighted by Gasteiger charge is -2.13. The zero-order valence-electron chi connectivity index (χ0n) is 14.4. The third kappa shape index (κ3) is 4.66. The van der Waals surface area contributed by atoms with E-state index >= 15 is 0 Å². The number of anilines is 1. The molecule has 0 radical (unpaired) electrons. The van der Waals surface area contributed by atoms with E-state index in [0.717, 1.165) is 21.9 Å². The van der Waals surface area contributed by atoms with Crippen molar-refractivity contribution in [3.63, 3.8) is 0 Å². The summed E-state index contributed by atoms with van der Waals surface area (Å²) in [7, 11) is 1.98. The van der Waals surface area contributed by atoms with Crippen LogP contribution in [-0.4, -0.2) is 32.1 Å². The lowest BCUT2D eigenvalue weighted by molar-refractivity contribution is -0.885. The van der Waals surface area contributed by atoms with E-state index in [1.807, 2.05) is 26.3 Å². The standard InChI is InChI=1S/C17H22N2O3S2/c1-5-22-17(21)15-11(2)12(3)24-16(15)18-14(20)9-19(4)8-13-6-7-23-10-13/h6-7,10H,5,8-9H2,1-4H3,(H,18,20)/p+1. The number of hydrogen-bond acceptors (Lipinski definition) is 5. The first-order valence-electron chi connectivity index (χ1n) is 7.81. The predicted octanol–water partition coefficient (Wildman–Crippen LogP) is 2.26. The van der Waals surface area contributed by atoms with Crippen LogP contribution in [0, 0.1) is 13.8 Å². The molecule has 2 rings (SSSR count). The smallest absolute Gasteiger partial charge is 0.341 e. The van der Waals surface area contributed by atoms with E-state index in [1.54, 1.807) is 18.3 Å². The number of hydrogen-bond donors (Lipinski definition) is 2. The SMILES string of the molecule is CCOC(=O)c1c(NC(=O)C[NH+](C)Cc2ccsc2)sc(C)c1C. The second-order valence-corrected chi connectivity index (χ2v) is 7.70.